The van der Waals surface area contributed by atoms with Gasteiger partial charge < -0.3 is 18.9 Å². The molecule has 0 aromatic heterocycles. The van der Waals surface area contributed by atoms with Crippen LogP contribution in [0.15, 0.2) is 12.7 Å². The number of Topliss-reactive ketones (excluding diaryl/α,β-unsaturated/α-hetero) is 2. The summed E-state index contributed by atoms with van der Waals surface area (Å²) in [5.74, 6) is -5.07. The van der Waals surface area contributed by atoms with Crippen LogP contribution >= 0.6 is 0 Å². The minimum atomic E-state index is -1.69. The van der Waals surface area contributed by atoms with Crippen LogP contribution in [-0.2, 0) is 42.9 Å². The molecule has 3 aliphatic rings. The normalized spacial score (nSPS) is 42.2. The van der Waals surface area contributed by atoms with E-state index in [1.807, 2.05) is 13.8 Å². The lowest BCUT2D eigenvalue weighted by Crippen LogP contribution is -2.80. The van der Waals surface area contributed by atoms with Crippen LogP contribution in [0.4, 0.5) is 0 Å². The Hall–Kier alpha value is -2.55. The first-order chi connectivity index (χ1) is 16.0. The molecule has 0 amide bonds. The highest BCUT2D eigenvalue weighted by Gasteiger charge is 2.77. The van der Waals surface area contributed by atoms with E-state index in [1.54, 1.807) is 13.8 Å². The van der Waals surface area contributed by atoms with Gasteiger partial charge in [-0.3, -0.25) is 24.0 Å². The summed E-state index contributed by atoms with van der Waals surface area (Å²) < 4.78 is 23.7. The van der Waals surface area contributed by atoms with Gasteiger partial charge in [-0.2, -0.15) is 0 Å². The zero-order valence-corrected chi connectivity index (χ0v) is 21.8. The second kappa shape index (κ2) is 8.54. The first-order valence-electron chi connectivity index (χ1n) is 11.9. The molecule has 0 bridgehead atoms. The van der Waals surface area contributed by atoms with Gasteiger partial charge in [0.2, 0.25) is 11.6 Å². The Balaban J connectivity index is 2.39. The van der Waals surface area contributed by atoms with Gasteiger partial charge >= 0.3 is 17.9 Å². The van der Waals surface area contributed by atoms with Crippen molar-refractivity contribution >= 4 is 29.5 Å². The van der Waals surface area contributed by atoms with Crippen molar-refractivity contribution in [3.8, 4) is 0 Å². The highest BCUT2D eigenvalue weighted by Crippen LogP contribution is 2.66. The van der Waals surface area contributed by atoms with E-state index < -0.39 is 81.7 Å². The van der Waals surface area contributed by atoms with Gasteiger partial charge in [-0.25, -0.2) is 0 Å². The molecule has 3 fully saturated rings. The smallest absolute Gasteiger partial charge is 0.303 e. The van der Waals surface area contributed by atoms with Crippen LogP contribution in [0.25, 0.3) is 0 Å². The number of hydrogen-bond donors (Lipinski definition) is 0. The zero-order chi connectivity index (χ0) is 26.7. The molecule has 8 atom stereocenters. The van der Waals surface area contributed by atoms with Crippen molar-refractivity contribution in [3.63, 3.8) is 0 Å². The standard InChI is InChI=1S/C26H36O9/c1-10-24(7)21(31)17(30)19-25(8)16(32-13(2)27)11-12-23(5,6)20(25)18(33-14(3)28)22(34-15(4)29)26(19,9)35-24/h10,16,18-20,22H,1,11-12H2,2-9H3/t16-,18-,19?,20-,22+,24-,25+,26-/m0/s1. The van der Waals surface area contributed by atoms with E-state index in [-0.39, 0.29) is 0 Å². The molecule has 0 spiro atoms. The predicted octanol–water partition coefficient (Wildman–Crippen LogP) is 2.73. The van der Waals surface area contributed by atoms with E-state index >= 15 is 0 Å². The van der Waals surface area contributed by atoms with E-state index in [9.17, 15) is 24.0 Å². The maximum absolute atomic E-state index is 13.9. The fraction of sp³-hybridized carbons (Fsp3) is 0.731. The van der Waals surface area contributed by atoms with Crippen molar-refractivity contribution in [2.75, 3.05) is 0 Å². The van der Waals surface area contributed by atoms with Gasteiger partial charge in [0.1, 0.15) is 23.4 Å². The average Bonchev–Trinajstić information content (AvgIpc) is 2.70. The quantitative estimate of drug-likeness (QED) is 0.252. The lowest BCUT2D eigenvalue weighted by atomic mass is 9.41. The minimum absolute atomic E-state index is 0.428. The van der Waals surface area contributed by atoms with Crippen molar-refractivity contribution in [2.24, 2.45) is 22.7 Å². The van der Waals surface area contributed by atoms with Crippen LogP contribution in [0, 0.1) is 22.7 Å². The Morgan fingerprint density at radius 1 is 0.943 bits per heavy atom. The molecule has 1 aliphatic heterocycles. The highest BCUT2D eigenvalue weighted by molar-refractivity contribution is 6.42. The molecule has 0 radical (unpaired) electrons. The van der Waals surface area contributed by atoms with Crippen molar-refractivity contribution in [2.45, 2.75) is 97.7 Å². The maximum atomic E-state index is 13.9. The fourth-order valence-corrected chi connectivity index (χ4v) is 7.20. The maximum Gasteiger partial charge on any atom is 0.303 e. The first-order valence-corrected chi connectivity index (χ1v) is 11.9. The molecule has 2 aliphatic carbocycles. The average molecular weight is 493 g/mol. The summed E-state index contributed by atoms with van der Waals surface area (Å²) in [6, 6.07) is 0. The zero-order valence-electron chi connectivity index (χ0n) is 21.8. The topological polar surface area (TPSA) is 122 Å². The van der Waals surface area contributed by atoms with Crippen LogP contribution in [0.2, 0.25) is 0 Å². The van der Waals surface area contributed by atoms with Gasteiger partial charge in [0.05, 0.1) is 5.92 Å². The molecule has 194 valence electrons. The molecule has 1 unspecified atom stereocenters. The molecule has 1 heterocycles. The predicted molar refractivity (Wildman–Crippen MR) is 123 cm³/mol. The summed E-state index contributed by atoms with van der Waals surface area (Å²) in [6.07, 6.45) is -0.774. The van der Waals surface area contributed by atoms with E-state index in [1.165, 1.54) is 33.8 Å². The molecule has 9 heteroatoms. The number of hydrogen-bond acceptors (Lipinski definition) is 9. The number of fused-ring (bicyclic) bond motifs is 3. The second-order valence-electron chi connectivity index (χ2n) is 11.3. The number of ketones is 2. The van der Waals surface area contributed by atoms with Crippen molar-refractivity contribution in [1.82, 2.24) is 0 Å². The lowest BCUT2D eigenvalue weighted by molar-refractivity contribution is -0.316. The number of ether oxygens (including phenoxy) is 4. The summed E-state index contributed by atoms with van der Waals surface area (Å²) in [5.41, 5.74) is -5.02. The van der Waals surface area contributed by atoms with E-state index in [4.69, 9.17) is 18.9 Å². The molecule has 0 aromatic rings. The van der Waals surface area contributed by atoms with Gasteiger partial charge in [0.25, 0.3) is 0 Å². The first kappa shape index (κ1) is 27.0. The summed E-state index contributed by atoms with van der Waals surface area (Å²) >= 11 is 0. The van der Waals surface area contributed by atoms with Gasteiger partial charge in [0.15, 0.2) is 6.10 Å². The Morgan fingerprint density at radius 2 is 1.49 bits per heavy atom. The van der Waals surface area contributed by atoms with Gasteiger partial charge in [0, 0.05) is 32.1 Å². The molecule has 3 rings (SSSR count). The van der Waals surface area contributed by atoms with Gasteiger partial charge in [-0.05, 0) is 32.1 Å². The van der Waals surface area contributed by atoms with Crippen LogP contribution in [0.3, 0.4) is 0 Å². The molecule has 9 nitrogen and oxygen atoms in total. The van der Waals surface area contributed by atoms with Crippen molar-refractivity contribution in [3.05, 3.63) is 12.7 Å². The van der Waals surface area contributed by atoms with Gasteiger partial charge in [-0.15, -0.1) is 0 Å². The van der Waals surface area contributed by atoms with E-state index in [0.717, 1.165) is 0 Å². The fourth-order valence-electron chi connectivity index (χ4n) is 7.20. The number of rotatable bonds is 4. The third-order valence-corrected chi connectivity index (χ3v) is 8.31. The Labute approximate surface area is 205 Å². The molecule has 0 aromatic carbocycles. The minimum Gasteiger partial charge on any atom is -0.462 e. The Morgan fingerprint density at radius 3 is 1.97 bits per heavy atom. The Bertz CT molecular complexity index is 983. The summed E-state index contributed by atoms with van der Waals surface area (Å²) in [7, 11) is 0. The monoisotopic (exact) mass is 492 g/mol. The molecular formula is C26H36O9. The third kappa shape index (κ3) is 4.01. The molecular weight excluding hydrogens is 456 g/mol. The summed E-state index contributed by atoms with van der Waals surface area (Å²) in [4.78, 5) is 64.0. The molecule has 35 heavy (non-hydrogen) atoms. The van der Waals surface area contributed by atoms with Crippen LogP contribution < -0.4 is 0 Å². The second-order valence-corrected chi connectivity index (χ2v) is 11.3. The highest BCUT2D eigenvalue weighted by atomic mass is 16.6. The van der Waals surface area contributed by atoms with Crippen molar-refractivity contribution < 1.29 is 42.9 Å². The Kier molecular flexibility index (Phi) is 6.60. The van der Waals surface area contributed by atoms with Crippen LogP contribution in [0.5, 0.6) is 0 Å². The number of esters is 3. The van der Waals surface area contributed by atoms with Gasteiger partial charge in [-0.1, -0.05) is 33.4 Å². The largest absolute Gasteiger partial charge is 0.462 e. The molecule has 0 N–H and O–H groups in total. The van der Waals surface area contributed by atoms with Crippen molar-refractivity contribution in [1.29, 1.82) is 0 Å². The summed E-state index contributed by atoms with van der Waals surface area (Å²) in [6.45, 7) is 16.1. The van der Waals surface area contributed by atoms with Crippen LogP contribution in [-0.4, -0.2) is 59.0 Å². The molecule has 1 saturated heterocycles. The number of carbonyl (C=O) groups excluding carboxylic acids is 5. The summed E-state index contributed by atoms with van der Waals surface area (Å²) in [5, 5.41) is 0. The third-order valence-electron chi connectivity index (χ3n) is 8.31. The van der Waals surface area contributed by atoms with E-state index in [0.29, 0.717) is 12.8 Å². The van der Waals surface area contributed by atoms with E-state index in [2.05, 4.69) is 6.58 Å². The van der Waals surface area contributed by atoms with Crippen LogP contribution in [0.1, 0.15) is 68.2 Å². The molecule has 2 saturated carbocycles. The SMILES string of the molecule is C=C[C@]1(C)O[C@@]2(C)C(C(=O)C1=O)[C@@]1(C)[C@@H](OC(C)=O)CCC(C)(C)[C@@H]1[C@H](OC(C)=O)[C@H]2OC(C)=O. The number of carbonyl (C=O) groups is 5. The lowest BCUT2D eigenvalue weighted by Gasteiger charge is -2.68.